The van der Waals surface area contributed by atoms with Crippen molar-refractivity contribution in [3.05, 3.63) is 34.7 Å². The second kappa shape index (κ2) is 3.75. The van der Waals surface area contributed by atoms with Gasteiger partial charge in [0.15, 0.2) is 0 Å². The monoisotopic (exact) mass is 214 g/mol. The Bertz CT molecular complexity index is 502. The summed E-state index contributed by atoms with van der Waals surface area (Å²) in [5, 5.41) is 0.244. The molecule has 0 spiro atoms. The number of aromatic nitrogens is 2. The first-order valence-corrected chi connectivity index (χ1v) is 5.50. The van der Waals surface area contributed by atoms with Crippen LogP contribution >= 0.6 is 0 Å². The molecule has 1 aromatic rings. The molecule has 1 heterocycles. The highest BCUT2D eigenvalue weighted by atomic mass is 32.2. The normalized spacial score (nSPS) is 11.2. The van der Waals surface area contributed by atoms with E-state index >= 15 is 0 Å². The molecule has 14 heavy (non-hydrogen) atoms. The Morgan fingerprint density at radius 2 is 2.29 bits per heavy atom. The number of aryl methyl sites for hydroxylation is 1. The van der Waals surface area contributed by atoms with Crippen LogP contribution in [0.2, 0.25) is 0 Å². The van der Waals surface area contributed by atoms with Gasteiger partial charge < -0.3 is 4.57 Å². The van der Waals surface area contributed by atoms with Gasteiger partial charge in [0.25, 0.3) is 5.56 Å². The second-order valence-corrected chi connectivity index (χ2v) is 4.35. The number of nitrogens with zero attached hydrogens (tertiary/aromatic N) is 2. The maximum Gasteiger partial charge on any atom is 0.288 e. The molecular weight excluding hydrogens is 204 g/mol. The largest absolute Gasteiger partial charge is 0.312 e. The minimum Gasteiger partial charge on any atom is -0.312 e. The lowest BCUT2D eigenvalue weighted by Crippen LogP contribution is -2.25. The van der Waals surface area contributed by atoms with Crippen LogP contribution < -0.4 is 5.56 Å². The van der Waals surface area contributed by atoms with Crippen molar-refractivity contribution in [3.63, 3.8) is 0 Å². The third-order valence-corrected chi connectivity index (χ3v) is 2.97. The van der Waals surface area contributed by atoms with Crippen molar-refractivity contribution in [2.24, 2.45) is 0 Å². The average molecular weight is 214 g/mol. The van der Waals surface area contributed by atoms with Gasteiger partial charge >= 0.3 is 0 Å². The van der Waals surface area contributed by atoms with E-state index in [0.29, 0.717) is 6.54 Å². The molecule has 0 aliphatic carbocycles. The number of hydrogen-bond acceptors (Lipinski definition) is 4. The molecule has 0 aliphatic rings. The van der Waals surface area contributed by atoms with Crippen molar-refractivity contribution in [3.8, 4) is 0 Å². The van der Waals surface area contributed by atoms with Crippen LogP contribution in [0.15, 0.2) is 34.2 Å². The topological polar surface area (TPSA) is 69.0 Å². The molecule has 6 heteroatoms. The summed E-state index contributed by atoms with van der Waals surface area (Å²) in [7, 11) is -3.74. The van der Waals surface area contributed by atoms with E-state index < -0.39 is 20.4 Å². The van der Waals surface area contributed by atoms with Crippen molar-refractivity contribution in [1.82, 2.24) is 9.55 Å². The zero-order chi connectivity index (χ0) is 10.8. The lowest BCUT2D eigenvalue weighted by Gasteiger charge is -2.02. The fourth-order valence-corrected chi connectivity index (χ4v) is 1.68. The van der Waals surface area contributed by atoms with E-state index in [-0.39, 0.29) is 0 Å². The van der Waals surface area contributed by atoms with Crippen LogP contribution in [0.3, 0.4) is 0 Å². The van der Waals surface area contributed by atoms with E-state index in [0.717, 1.165) is 5.41 Å². The van der Waals surface area contributed by atoms with E-state index in [1.165, 1.54) is 17.0 Å². The zero-order valence-electron chi connectivity index (χ0n) is 7.67. The molecule has 5 nitrogen and oxygen atoms in total. The molecule has 1 aromatic heterocycles. The lowest BCUT2D eigenvalue weighted by molar-refractivity contribution is 0.593. The van der Waals surface area contributed by atoms with Gasteiger partial charge in [0.2, 0.25) is 14.9 Å². The van der Waals surface area contributed by atoms with Crippen LogP contribution in [0.1, 0.15) is 6.92 Å². The molecule has 0 saturated heterocycles. The Kier molecular flexibility index (Phi) is 2.85. The summed E-state index contributed by atoms with van der Waals surface area (Å²) in [4.78, 5) is 15.0. The lowest BCUT2D eigenvalue weighted by atomic mass is 10.6. The smallest absolute Gasteiger partial charge is 0.288 e. The maximum atomic E-state index is 11.5. The molecule has 0 atom stereocenters. The van der Waals surface area contributed by atoms with Crippen molar-refractivity contribution in [1.29, 1.82) is 0 Å². The first kappa shape index (κ1) is 10.6. The molecule has 0 bridgehead atoms. The number of sulfone groups is 1. The van der Waals surface area contributed by atoms with E-state index in [2.05, 4.69) is 11.6 Å². The van der Waals surface area contributed by atoms with Gasteiger partial charge in [-0.2, -0.15) is 0 Å². The molecule has 0 radical (unpaired) electrons. The maximum absolute atomic E-state index is 11.5. The van der Waals surface area contributed by atoms with Gasteiger partial charge in [-0.05, 0) is 6.92 Å². The predicted octanol–water partition coefficient (Wildman–Crippen LogP) is 0.180. The molecule has 0 amide bonds. The van der Waals surface area contributed by atoms with Crippen LogP contribution in [-0.4, -0.2) is 18.0 Å². The summed E-state index contributed by atoms with van der Waals surface area (Å²) < 4.78 is 23.9. The summed E-state index contributed by atoms with van der Waals surface area (Å²) in [5.41, 5.74) is -0.616. The fraction of sp³-hybridized carbons (Fsp3) is 0.250. The molecule has 0 aliphatic heterocycles. The highest BCUT2D eigenvalue weighted by Gasteiger charge is 2.16. The van der Waals surface area contributed by atoms with E-state index in [4.69, 9.17) is 0 Å². The molecule has 0 aromatic carbocycles. The third kappa shape index (κ3) is 1.74. The van der Waals surface area contributed by atoms with Crippen molar-refractivity contribution in [2.75, 3.05) is 0 Å². The Balaban J connectivity index is 3.53. The molecule has 1 rings (SSSR count). The van der Waals surface area contributed by atoms with E-state index in [1.807, 2.05) is 0 Å². The zero-order valence-corrected chi connectivity index (χ0v) is 8.49. The Hall–Kier alpha value is -1.43. The molecule has 0 fully saturated rings. The minimum atomic E-state index is -3.74. The Morgan fingerprint density at radius 1 is 1.64 bits per heavy atom. The quantitative estimate of drug-likeness (QED) is 0.719. The molecule has 76 valence electrons. The van der Waals surface area contributed by atoms with Crippen molar-refractivity contribution < 1.29 is 8.42 Å². The number of rotatable bonds is 3. The van der Waals surface area contributed by atoms with Gasteiger partial charge in [-0.3, -0.25) is 4.79 Å². The van der Waals surface area contributed by atoms with Crippen LogP contribution in [0.5, 0.6) is 0 Å². The summed E-state index contributed by atoms with van der Waals surface area (Å²) in [5.74, 6) is 0. The Labute approximate surface area is 81.6 Å². The summed E-state index contributed by atoms with van der Waals surface area (Å²) in [6, 6.07) is 0. The highest BCUT2D eigenvalue weighted by molar-refractivity contribution is 7.94. The Morgan fingerprint density at radius 3 is 2.79 bits per heavy atom. The SMILES string of the molecule is C=CS(=O)(=O)c1nccn(CC)c1=O. The molecule has 0 saturated carbocycles. The molecule has 0 unspecified atom stereocenters. The summed E-state index contributed by atoms with van der Waals surface area (Å²) in [6.45, 7) is 5.27. The average Bonchev–Trinajstić information content (AvgIpc) is 2.18. The predicted molar refractivity (Wildman–Crippen MR) is 51.6 cm³/mol. The van der Waals surface area contributed by atoms with Crippen LogP contribution in [0.4, 0.5) is 0 Å². The standard InChI is InChI=1S/C8H10N2O3S/c1-3-10-6-5-9-7(8(10)11)14(12,13)4-2/h4-6H,2-3H2,1H3. The summed E-state index contributed by atoms with van der Waals surface area (Å²) >= 11 is 0. The van der Waals surface area contributed by atoms with Crippen molar-refractivity contribution in [2.45, 2.75) is 18.5 Å². The first-order valence-electron chi connectivity index (χ1n) is 3.96. The van der Waals surface area contributed by atoms with Gasteiger partial charge in [-0.25, -0.2) is 13.4 Å². The molecular formula is C8H10N2O3S. The summed E-state index contributed by atoms with van der Waals surface area (Å²) in [6.07, 6.45) is 2.71. The first-order chi connectivity index (χ1) is 6.53. The van der Waals surface area contributed by atoms with Crippen LogP contribution in [0, 0.1) is 0 Å². The van der Waals surface area contributed by atoms with E-state index in [9.17, 15) is 13.2 Å². The van der Waals surface area contributed by atoms with E-state index in [1.54, 1.807) is 6.92 Å². The van der Waals surface area contributed by atoms with Crippen molar-refractivity contribution >= 4 is 9.84 Å². The van der Waals surface area contributed by atoms with Crippen LogP contribution in [0.25, 0.3) is 0 Å². The van der Waals surface area contributed by atoms with Gasteiger partial charge in [-0.15, -0.1) is 0 Å². The second-order valence-electron chi connectivity index (χ2n) is 2.54. The van der Waals surface area contributed by atoms with Gasteiger partial charge in [0, 0.05) is 24.3 Å². The van der Waals surface area contributed by atoms with Crippen LogP contribution in [-0.2, 0) is 16.4 Å². The third-order valence-electron chi connectivity index (χ3n) is 1.71. The molecule has 0 N–H and O–H groups in total. The number of hydrogen-bond donors (Lipinski definition) is 0. The van der Waals surface area contributed by atoms with Gasteiger partial charge in [0.05, 0.1) is 0 Å². The fourth-order valence-electron chi connectivity index (χ4n) is 0.950. The minimum absolute atomic E-state index is 0.404. The van der Waals surface area contributed by atoms with Gasteiger partial charge in [-0.1, -0.05) is 6.58 Å². The highest BCUT2D eigenvalue weighted by Crippen LogP contribution is 2.01. The van der Waals surface area contributed by atoms with Gasteiger partial charge in [0.1, 0.15) is 0 Å².